The molecule has 2 aromatic carbocycles. The molecule has 0 radical (unpaired) electrons. The van der Waals surface area contributed by atoms with E-state index in [1.165, 1.54) is 24.3 Å². The van der Waals surface area contributed by atoms with Crippen molar-refractivity contribution in [3.8, 4) is 0 Å². The van der Waals surface area contributed by atoms with E-state index in [2.05, 4.69) is 17.6 Å². The van der Waals surface area contributed by atoms with E-state index < -0.39 is 16.8 Å². The number of rotatable bonds is 5. The van der Waals surface area contributed by atoms with Crippen molar-refractivity contribution in [3.05, 3.63) is 61.6 Å². The van der Waals surface area contributed by atoms with Crippen LogP contribution in [-0.4, -0.2) is 40.1 Å². The lowest BCUT2D eigenvalue weighted by Crippen LogP contribution is -2.35. The number of hydrogen-bond donors (Lipinski definition) is 3. The van der Waals surface area contributed by atoms with Gasteiger partial charge in [-0.25, -0.2) is 4.79 Å². The topological polar surface area (TPSA) is 125 Å². The number of nitrogens with zero attached hydrogens (tertiary/aromatic N) is 2. The van der Waals surface area contributed by atoms with E-state index in [1.54, 1.807) is 6.07 Å². The molecule has 0 saturated carbocycles. The number of nitro groups is 1. The Hall–Kier alpha value is -2.95. The fraction of sp³-hybridized carbons (Fsp3) is 0.286. The SMILES string of the molecule is CC1CCN(c2ccc(C(=O)NC(=S)Nc3cc(C(=O)O)c(Cl)cc3Cl)cc2[N+](=O)[O-])CC1. The van der Waals surface area contributed by atoms with Gasteiger partial charge in [-0.2, -0.15) is 0 Å². The molecule has 1 saturated heterocycles. The summed E-state index contributed by atoms with van der Waals surface area (Å²) in [4.78, 5) is 37.0. The van der Waals surface area contributed by atoms with Gasteiger partial charge in [-0.05, 0) is 55.2 Å². The van der Waals surface area contributed by atoms with Crippen LogP contribution >= 0.6 is 35.4 Å². The molecule has 12 heteroatoms. The number of anilines is 2. The predicted molar refractivity (Wildman–Crippen MR) is 131 cm³/mol. The monoisotopic (exact) mass is 510 g/mol. The summed E-state index contributed by atoms with van der Waals surface area (Å²) in [7, 11) is 0. The zero-order valence-corrected chi connectivity index (χ0v) is 19.8. The third kappa shape index (κ3) is 5.89. The van der Waals surface area contributed by atoms with E-state index in [0.29, 0.717) is 24.7 Å². The number of amides is 1. The molecular formula is C21H20Cl2N4O5S. The lowest BCUT2D eigenvalue weighted by atomic mass is 9.98. The van der Waals surface area contributed by atoms with E-state index in [4.69, 9.17) is 35.4 Å². The molecule has 0 aromatic heterocycles. The number of nitrogens with one attached hydrogen (secondary N) is 2. The van der Waals surface area contributed by atoms with Crippen molar-refractivity contribution in [1.82, 2.24) is 5.32 Å². The highest BCUT2D eigenvalue weighted by atomic mass is 35.5. The minimum absolute atomic E-state index is 0.0494. The summed E-state index contributed by atoms with van der Waals surface area (Å²) < 4.78 is 0. The third-order valence-corrected chi connectivity index (χ3v) is 6.15. The number of benzene rings is 2. The molecule has 0 spiro atoms. The molecular weight excluding hydrogens is 491 g/mol. The number of nitro benzene ring substituents is 1. The van der Waals surface area contributed by atoms with Gasteiger partial charge in [0.05, 0.1) is 26.2 Å². The van der Waals surface area contributed by atoms with Gasteiger partial charge >= 0.3 is 5.97 Å². The molecule has 2 aromatic rings. The molecule has 0 atom stereocenters. The van der Waals surface area contributed by atoms with Crippen LogP contribution in [0.5, 0.6) is 0 Å². The van der Waals surface area contributed by atoms with Crippen molar-refractivity contribution in [2.45, 2.75) is 19.8 Å². The summed E-state index contributed by atoms with van der Waals surface area (Å²) in [6, 6.07) is 6.70. The highest BCUT2D eigenvalue weighted by Crippen LogP contribution is 2.32. The Kier molecular flexibility index (Phi) is 7.72. The van der Waals surface area contributed by atoms with E-state index in [0.717, 1.165) is 12.8 Å². The fourth-order valence-corrected chi connectivity index (χ4v) is 4.18. The molecule has 1 heterocycles. The Morgan fingerprint density at radius 3 is 2.45 bits per heavy atom. The molecule has 1 aliphatic rings. The molecule has 3 rings (SSSR count). The van der Waals surface area contributed by atoms with Gasteiger partial charge in [0.15, 0.2) is 5.11 Å². The first-order chi connectivity index (χ1) is 15.6. The van der Waals surface area contributed by atoms with Gasteiger partial charge in [0, 0.05) is 24.7 Å². The number of halogens is 2. The average Bonchev–Trinajstić information content (AvgIpc) is 2.75. The van der Waals surface area contributed by atoms with Gasteiger partial charge in [0.25, 0.3) is 11.6 Å². The highest BCUT2D eigenvalue weighted by molar-refractivity contribution is 7.80. The Balaban J connectivity index is 1.75. The molecule has 0 aliphatic carbocycles. The molecule has 33 heavy (non-hydrogen) atoms. The maximum Gasteiger partial charge on any atom is 0.337 e. The first kappa shape index (κ1) is 24.7. The molecule has 9 nitrogen and oxygen atoms in total. The van der Waals surface area contributed by atoms with E-state index in [9.17, 15) is 24.8 Å². The molecule has 3 N–H and O–H groups in total. The van der Waals surface area contributed by atoms with Crippen molar-refractivity contribution < 1.29 is 19.6 Å². The van der Waals surface area contributed by atoms with Gasteiger partial charge in [-0.15, -0.1) is 0 Å². The number of carbonyl (C=O) groups is 2. The number of carboxylic acids is 1. The number of aromatic carboxylic acids is 1. The lowest BCUT2D eigenvalue weighted by Gasteiger charge is -2.31. The standard InChI is InChI=1S/C21H20Cl2N4O5S/c1-11-4-6-26(7-5-11)17-3-2-12(8-18(17)27(31)32)19(28)25-21(33)24-16-9-13(20(29)30)14(22)10-15(16)23/h2-3,8-11H,4-7H2,1H3,(H,29,30)(H2,24,25,28,33). The number of carboxylic acid groups (broad SMARTS) is 1. The summed E-state index contributed by atoms with van der Waals surface area (Å²) in [5.41, 5.74) is 0.287. The summed E-state index contributed by atoms with van der Waals surface area (Å²) in [6.07, 6.45) is 1.88. The van der Waals surface area contributed by atoms with E-state index in [1.807, 2.05) is 4.90 Å². The van der Waals surface area contributed by atoms with Crippen LogP contribution in [0.2, 0.25) is 10.0 Å². The summed E-state index contributed by atoms with van der Waals surface area (Å²) in [5.74, 6) is -1.36. The number of hydrogen-bond acceptors (Lipinski definition) is 6. The second-order valence-electron chi connectivity index (χ2n) is 7.66. The van der Waals surface area contributed by atoms with Crippen molar-refractivity contribution >= 4 is 69.5 Å². The summed E-state index contributed by atoms with van der Waals surface area (Å²) in [6.45, 7) is 3.57. The van der Waals surface area contributed by atoms with Crippen LogP contribution < -0.4 is 15.5 Å². The molecule has 1 amide bonds. The zero-order chi connectivity index (χ0) is 24.3. The minimum atomic E-state index is -1.26. The maximum atomic E-state index is 12.6. The van der Waals surface area contributed by atoms with E-state index >= 15 is 0 Å². The van der Waals surface area contributed by atoms with Crippen molar-refractivity contribution in [1.29, 1.82) is 0 Å². The first-order valence-corrected chi connectivity index (χ1v) is 11.1. The molecule has 0 unspecified atom stereocenters. The number of piperidine rings is 1. The highest BCUT2D eigenvalue weighted by Gasteiger charge is 2.25. The summed E-state index contributed by atoms with van der Waals surface area (Å²) in [5, 5.41) is 25.8. The smallest absolute Gasteiger partial charge is 0.337 e. The normalized spacial score (nSPS) is 14.0. The van der Waals surface area contributed by atoms with Gasteiger partial charge in [0.1, 0.15) is 5.69 Å². The number of carbonyl (C=O) groups excluding carboxylic acids is 1. The Bertz CT molecular complexity index is 1140. The molecule has 174 valence electrons. The van der Waals surface area contributed by atoms with Gasteiger partial charge in [0.2, 0.25) is 0 Å². The van der Waals surface area contributed by atoms with Crippen LogP contribution in [-0.2, 0) is 0 Å². The van der Waals surface area contributed by atoms with Gasteiger partial charge in [-0.1, -0.05) is 30.1 Å². The van der Waals surface area contributed by atoms with Crippen LogP contribution in [0.15, 0.2) is 30.3 Å². The predicted octanol–water partition coefficient (Wildman–Crippen LogP) is 4.96. The van der Waals surface area contributed by atoms with Crippen LogP contribution in [0.4, 0.5) is 17.1 Å². The van der Waals surface area contributed by atoms with Crippen LogP contribution in [0.3, 0.4) is 0 Å². The van der Waals surface area contributed by atoms with Crippen LogP contribution in [0, 0.1) is 16.0 Å². The molecule has 1 fully saturated rings. The number of thiocarbonyl (C=S) groups is 1. The van der Waals surface area contributed by atoms with Gasteiger partial charge < -0.3 is 15.3 Å². The lowest BCUT2D eigenvalue weighted by molar-refractivity contribution is -0.384. The Morgan fingerprint density at radius 1 is 1.18 bits per heavy atom. The second-order valence-corrected chi connectivity index (χ2v) is 8.88. The maximum absolute atomic E-state index is 12.6. The Labute approximate surface area is 204 Å². The average molecular weight is 511 g/mol. The third-order valence-electron chi connectivity index (χ3n) is 5.32. The van der Waals surface area contributed by atoms with Gasteiger partial charge in [-0.3, -0.25) is 20.2 Å². The quantitative estimate of drug-likeness (QED) is 0.292. The largest absolute Gasteiger partial charge is 0.478 e. The minimum Gasteiger partial charge on any atom is -0.478 e. The second kappa shape index (κ2) is 10.3. The molecule has 0 bridgehead atoms. The fourth-order valence-electron chi connectivity index (χ4n) is 3.47. The zero-order valence-electron chi connectivity index (χ0n) is 17.4. The van der Waals surface area contributed by atoms with Crippen molar-refractivity contribution in [3.63, 3.8) is 0 Å². The Morgan fingerprint density at radius 2 is 1.85 bits per heavy atom. The van der Waals surface area contributed by atoms with Crippen molar-refractivity contribution in [2.75, 3.05) is 23.3 Å². The molecule has 1 aliphatic heterocycles. The van der Waals surface area contributed by atoms with Crippen LogP contribution in [0.25, 0.3) is 0 Å². The van der Waals surface area contributed by atoms with E-state index in [-0.39, 0.29) is 37.7 Å². The van der Waals surface area contributed by atoms with Crippen LogP contribution in [0.1, 0.15) is 40.5 Å². The first-order valence-electron chi connectivity index (χ1n) is 9.95. The van der Waals surface area contributed by atoms with Crippen molar-refractivity contribution in [2.24, 2.45) is 5.92 Å². The summed E-state index contributed by atoms with van der Waals surface area (Å²) >= 11 is 17.0.